The Morgan fingerprint density at radius 2 is 1.65 bits per heavy atom. The van der Waals surface area contributed by atoms with Gasteiger partial charge in [0, 0.05) is 18.8 Å². The fourth-order valence-corrected chi connectivity index (χ4v) is 4.30. The number of alkyl halides is 3. The summed E-state index contributed by atoms with van der Waals surface area (Å²) in [6.45, 7) is 1.11. The zero-order chi connectivity index (χ0) is 22.0. The summed E-state index contributed by atoms with van der Waals surface area (Å²) in [7, 11) is 0. The van der Waals surface area contributed by atoms with E-state index >= 15 is 0 Å². The maximum Gasteiger partial charge on any atom is 0.416 e. The largest absolute Gasteiger partial charge is 0.416 e. The maximum atomic E-state index is 13.3. The van der Waals surface area contributed by atoms with Crippen LogP contribution in [0.3, 0.4) is 0 Å². The molecule has 2 aromatic rings. The molecule has 7 heteroatoms. The van der Waals surface area contributed by atoms with Gasteiger partial charge in [-0.1, -0.05) is 42.5 Å². The van der Waals surface area contributed by atoms with Gasteiger partial charge in [-0.3, -0.25) is 9.59 Å². The SMILES string of the molecule is O=C(Nc1cccc(C(F)(F)F)c1)C1CC=CCC1C(=O)N1CCc2ccccc2C1. The van der Waals surface area contributed by atoms with Gasteiger partial charge in [-0.25, -0.2) is 0 Å². The maximum absolute atomic E-state index is 13.3. The Labute approximate surface area is 178 Å². The third-order valence-corrected chi connectivity index (χ3v) is 5.99. The summed E-state index contributed by atoms with van der Waals surface area (Å²) >= 11 is 0. The van der Waals surface area contributed by atoms with Crippen LogP contribution in [0.1, 0.15) is 29.5 Å². The highest BCUT2D eigenvalue weighted by atomic mass is 19.4. The van der Waals surface area contributed by atoms with E-state index in [2.05, 4.69) is 11.4 Å². The number of amides is 2. The topological polar surface area (TPSA) is 49.4 Å². The Hall–Kier alpha value is -3.09. The summed E-state index contributed by atoms with van der Waals surface area (Å²) < 4.78 is 38.9. The fraction of sp³-hybridized carbons (Fsp3) is 0.333. The number of anilines is 1. The summed E-state index contributed by atoms with van der Waals surface area (Å²) in [6.07, 6.45) is 0.854. The summed E-state index contributed by atoms with van der Waals surface area (Å²) in [5.74, 6) is -1.66. The van der Waals surface area contributed by atoms with Crippen LogP contribution < -0.4 is 5.32 Å². The van der Waals surface area contributed by atoms with Gasteiger partial charge < -0.3 is 10.2 Å². The molecule has 2 amide bonds. The van der Waals surface area contributed by atoms with Crippen LogP contribution >= 0.6 is 0 Å². The van der Waals surface area contributed by atoms with E-state index in [0.717, 1.165) is 24.1 Å². The standard InChI is InChI=1S/C24H23F3N2O2/c25-24(26,27)18-8-5-9-19(14-18)28-22(30)20-10-3-4-11-21(20)23(31)29-13-12-16-6-1-2-7-17(16)15-29/h1-9,14,20-21H,10-13,15H2,(H,28,30). The van der Waals surface area contributed by atoms with Crippen molar-refractivity contribution in [3.8, 4) is 0 Å². The predicted molar refractivity (Wildman–Crippen MR) is 111 cm³/mol. The van der Waals surface area contributed by atoms with Crippen molar-refractivity contribution in [1.82, 2.24) is 4.90 Å². The van der Waals surface area contributed by atoms with Crippen molar-refractivity contribution < 1.29 is 22.8 Å². The van der Waals surface area contributed by atoms with Crippen molar-refractivity contribution in [2.75, 3.05) is 11.9 Å². The zero-order valence-corrected chi connectivity index (χ0v) is 16.9. The van der Waals surface area contributed by atoms with E-state index in [9.17, 15) is 22.8 Å². The Bertz CT molecular complexity index is 1020. The van der Waals surface area contributed by atoms with Gasteiger partial charge in [0.1, 0.15) is 0 Å². The lowest BCUT2D eigenvalue weighted by atomic mass is 9.81. The minimum atomic E-state index is -4.49. The molecule has 1 aliphatic heterocycles. The molecule has 0 fully saturated rings. The molecule has 4 rings (SSSR count). The number of carbonyl (C=O) groups is 2. The number of allylic oxidation sites excluding steroid dienone is 2. The van der Waals surface area contributed by atoms with Gasteiger partial charge in [0.05, 0.1) is 17.4 Å². The van der Waals surface area contributed by atoms with E-state index in [1.807, 2.05) is 30.4 Å². The second-order valence-electron chi connectivity index (χ2n) is 8.00. The van der Waals surface area contributed by atoms with Gasteiger partial charge in [-0.05, 0) is 48.6 Å². The number of hydrogen-bond acceptors (Lipinski definition) is 2. The number of nitrogens with one attached hydrogen (secondary N) is 1. The first-order valence-electron chi connectivity index (χ1n) is 10.3. The average molecular weight is 428 g/mol. The third-order valence-electron chi connectivity index (χ3n) is 5.99. The quantitative estimate of drug-likeness (QED) is 0.714. The smallest absolute Gasteiger partial charge is 0.338 e. The molecule has 0 saturated carbocycles. The van der Waals surface area contributed by atoms with E-state index in [-0.39, 0.29) is 11.6 Å². The third kappa shape index (κ3) is 4.65. The number of hydrogen-bond donors (Lipinski definition) is 1. The van der Waals surface area contributed by atoms with Crippen molar-refractivity contribution in [3.05, 3.63) is 77.4 Å². The highest BCUT2D eigenvalue weighted by molar-refractivity contribution is 5.96. The highest BCUT2D eigenvalue weighted by Crippen LogP contribution is 2.33. The molecular weight excluding hydrogens is 405 g/mol. The van der Waals surface area contributed by atoms with Crippen LogP contribution in [-0.4, -0.2) is 23.3 Å². The number of nitrogens with zero attached hydrogens (tertiary/aromatic N) is 1. The van der Waals surface area contributed by atoms with E-state index in [1.54, 1.807) is 4.90 Å². The molecule has 1 aliphatic carbocycles. The molecule has 2 atom stereocenters. The second kappa shape index (κ2) is 8.57. The molecule has 31 heavy (non-hydrogen) atoms. The van der Waals surface area contributed by atoms with Crippen LogP contribution in [0, 0.1) is 11.8 Å². The summed E-state index contributed by atoms with van der Waals surface area (Å²) in [6, 6.07) is 12.5. The summed E-state index contributed by atoms with van der Waals surface area (Å²) in [5.41, 5.74) is 1.59. The Balaban J connectivity index is 1.48. The van der Waals surface area contributed by atoms with E-state index in [1.165, 1.54) is 17.7 Å². The van der Waals surface area contributed by atoms with E-state index in [4.69, 9.17) is 0 Å². The van der Waals surface area contributed by atoms with Crippen LogP contribution in [0.4, 0.5) is 18.9 Å². The number of fused-ring (bicyclic) bond motifs is 1. The highest BCUT2D eigenvalue weighted by Gasteiger charge is 2.37. The molecule has 0 bridgehead atoms. The summed E-state index contributed by atoms with van der Waals surface area (Å²) in [4.78, 5) is 28.0. The first-order valence-corrected chi connectivity index (χ1v) is 10.3. The predicted octanol–water partition coefficient (Wildman–Crippen LogP) is 4.81. The van der Waals surface area contributed by atoms with Crippen molar-refractivity contribution in [2.45, 2.75) is 32.0 Å². The van der Waals surface area contributed by atoms with E-state index in [0.29, 0.717) is 25.9 Å². The molecule has 4 nitrogen and oxygen atoms in total. The first-order chi connectivity index (χ1) is 14.8. The van der Waals surface area contributed by atoms with Gasteiger partial charge in [0.15, 0.2) is 0 Å². The van der Waals surface area contributed by atoms with Crippen LogP contribution in [0.15, 0.2) is 60.7 Å². The molecule has 1 heterocycles. The van der Waals surface area contributed by atoms with Gasteiger partial charge in [0.2, 0.25) is 11.8 Å². The van der Waals surface area contributed by atoms with Crippen molar-refractivity contribution in [3.63, 3.8) is 0 Å². The number of rotatable bonds is 3. The monoisotopic (exact) mass is 428 g/mol. The number of benzene rings is 2. The second-order valence-corrected chi connectivity index (χ2v) is 8.00. The average Bonchev–Trinajstić information content (AvgIpc) is 2.78. The molecule has 162 valence electrons. The molecule has 0 spiro atoms. The minimum absolute atomic E-state index is 0.0764. The zero-order valence-electron chi connectivity index (χ0n) is 16.9. The molecule has 2 aliphatic rings. The molecule has 2 aromatic carbocycles. The van der Waals surface area contributed by atoms with Crippen LogP contribution in [0.25, 0.3) is 0 Å². The molecule has 0 saturated heterocycles. The van der Waals surface area contributed by atoms with Crippen molar-refractivity contribution in [2.24, 2.45) is 11.8 Å². The Kier molecular flexibility index (Phi) is 5.85. The molecular formula is C24H23F3N2O2. The lowest BCUT2D eigenvalue weighted by Crippen LogP contribution is -2.45. The van der Waals surface area contributed by atoms with Crippen LogP contribution in [-0.2, 0) is 28.7 Å². The normalized spacial score (nSPS) is 20.8. The summed E-state index contributed by atoms with van der Waals surface area (Å²) in [5, 5.41) is 2.58. The van der Waals surface area contributed by atoms with Gasteiger partial charge >= 0.3 is 6.18 Å². The van der Waals surface area contributed by atoms with Crippen molar-refractivity contribution in [1.29, 1.82) is 0 Å². The molecule has 0 aromatic heterocycles. The van der Waals surface area contributed by atoms with E-state index < -0.39 is 29.5 Å². The molecule has 2 unspecified atom stereocenters. The molecule has 1 N–H and O–H groups in total. The lowest BCUT2D eigenvalue weighted by Gasteiger charge is -2.35. The Morgan fingerprint density at radius 1 is 0.935 bits per heavy atom. The first kappa shape index (κ1) is 21.2. The number of carbonyl (C=O) groups excluding carboxylic acids is 2. The Morgan fingerprint density at radius 3 is 2.39 bits per heavy atom. The van der Waals surface area contributed by atoms with Gasteiger partial charge in [-0.15, -0.1) is 0 Å². The minimum Gasteiger partial charge on any atom is -0.338 e. The van der Waals surface area contributed by atoms with Gasteiger partial charge in [-0.2, -0.15) is 13.2 Å². The number of halogens is 3. The van der Waals surface area contributed by atoms with Crippen LogP contribution in [0.2, 0.25) is 0 Å². The molecule has 0 radical (unpaired) electrons. The van der Waals surface area contributed by atoms with Gasteiger partial charge in [0.25, 0.3) is 0 Å². The van der Waals surface area contributed by atoms with Crippen LogP contribution in [0.5, 0.6) is 0 Å². The van der Waals surface area contributed by atoms with Crippen molar-refractivity contribution >= 4 is 17.5 Å². The lowest BCUT2D eigenvalue weighted by molar-refractivity contribution is -0.141. The fourth-order valence-electron chi connectivity index (χ4n) is 4.30.